The van der Waals surface area contributed by atoms with Crippen molar-refractivity contribution in [3.05, 3.63) is 29.8 Å². The second kappa shape index (κ2) is 12.0. The van der Waals surface area contributed by atoms with Crippen LogP contribution >= 0.6 is 7.60 Å². The third-order valence-corrected chi connectivity index (χ3v) is 7.44. The van der Waals surface area contributed by atoms with E-state index in [4.69, 9.17) is 18.5 Å². The fourth-order valence-electron chi connectivity index (χ4n) is 2.34. The van der Waals surface area contributed by atoms with Crippen LogP contribution in [0.25, 0.3) is 0 Å². The van der Waals surface area contributed by atoms with E-state index in [9.17, 15) is 8.77 Å². The molecule has 0 radical (unpaired) electrons. The Labute approximate surface area is 158 Å². The lowest BCUT2D eigenvalue weighted by molar-refractivity contribution is -0.107. The Morgan fingerprint density at radius 3 is 2.04 bits per heavy atom. The molecule has 0 saturated heterocycles. The molecule has 1 N–H and O–H groups in total. The van der Waals surface area contributed by atoms with Crippen molar-refractivity contribution in [1.82, 2.24) is 4.72 Å². The lowest BCUT2D eigenvalue weighted by Crippen LogP contribution is -2.33. The minimum absolute atomic E-state index is 0.227. The van der Waals surface area contributed by atoms with Gasteiger partial charge in [0.2, 0.25) is 0 Å². The Bertz CT molecular complexity index is 583. The molecule has 0 aliphatic carbocycles. The van der Waals surface area contributed by atoms with Gasteiger partial charge in [-0.3, -0.25) is 4.57 Å². The Hall–Kier alpha value is -0.600. The summed E-state index contributed by atoms with van der Waals surface area (Å²) in [5, 5.41) is 0. The molecule has 9 heteroatoms. The van der Waals surface area contributed by atoms with E-state index in [0.29, 0.717) is 17.7 Å². The van der Waals surface area contributed by atoms with Crippen molar-refractivity contribution in [2.24, 2.45) is 0 Å². The van der Waals surface area contributed by atoms with Gasteiger partial charge < -0.3 is 18.5 Å². The number of rotatable bonds is 13. The molecule has 7 nitrogen and oxygen atoms in total. The smallest absolute Gasteiger partial charge is 0.348 e. The maximum Gasteiger partial charge on any atom is 0.348 e. The monoisotopic (exact) mass is 407 g/mol. The topological polar surface area (TPSA) is 83.1 Å². The summed E-state index contributed by atoms with van der Waals surface area (Å²) in [5.74, 6) is -0.752. The summed E-state index contributed by atoms with van der Waals surface area (Å²) < 4.78 is 50.1. The third kappa shape index (κ3) is 7.19. The third-order valence-electron chi connectivity index (χ3n) is 3.68. The zero-order valence-electron chi connectivity index (χ0n) is 16.1. The summed E-state index contributed by atoms with van der Waals surface area (Å²) in [6.07, 6.45) is 0.338. The minimum Gasteiger partial charge on any atom is -0.356 e. The first-order valence-corrected chi connectivity index (χ1v) is 11.3. The van der Waals surface area contributed by atoms with E-state index in [1.54, 1.807) is 26.0 Å². The maximum atomic E-state index is 13.2. The SMILES string of the molecule is CCOP(=O)(OCC)[C@H](CCC(OC)OC)N[S@@](=O)c1ccc(C)cc1. The molecule has 0 heterocycles. The molecule has 0 aliphatic heterocycles. The van der Waals surface area contributed by atoms with Gasteiger partial charge in [-0.1, -0.05) is 17.7 Å². The van der Waals surface area contributed by atoms with Crippen molar-refractivity contribution in [2.45, 2.75) is 50.6 Å². The van der Waals surface area contributed by atoms with Crippen molar-refractivity contribution in [2.75, 3.05) is 27.4 Å². The van der Waals surface area contributed by atoms with Crippen LogP contribution in [0.3, 0.4) is 0 Å². The van der Waals surface area contributed by atoms with Crippen LogP contribution in [0.2, 0.25) is 0 Å². The first-order chi connectivity index (χ1) is 12.4. The quantitative estimate of drug-likeness (QED) is 0.397. The van der Waals surface area contributed by atoms with E-state index in [0.717, 1.165) is 5.56 Å². The molecule has 0 fully saturated rings. The molecule has 2 atom stereocenters. The van der Waals surface area contributed by atoms with Gasteiger partial charge in [-0.05, 0) is 39.3 Å². The summed E-state index contributed by atoms with van der Waals surface area (Å²) in [6.45, 7) is 5.89. The summed E-state index contributed by atoms with van der Waals surface area (Å²) in [6, 6.07) is 7.30. The van der Waals surface area contributed by atoms with E-state index >= 15 is 0 Å². The van der Waals surface area contributed by atoms with E-state index in [1.807, 2.05) is 19.1 Å². The Morgan fingerprint density at radius 2 is 1.58 bits per heavy atom. The van der Waals surface area contributed by atoms with Crippen LogP contribution < -0.4 is 4.72 Å². The van der Waals surface area contributed by atoms with Crippen molar-refractivity contribution in [3.8, 4) is 0 Å². The van der Waals surface area contributed by atoms with Crippen LogP contribution in [0.4, 0.5) is 0 Å². The number of aryl methyl sites for hydroxylation is 1. The molecular weight excluding hydrogens is 377 g/mol. The molecule has 1 rings (SSSR count). The average Bonchev–Trinajstić information content (AvgIpc) is 2.62. The first-order valence-electron chi connectivity index (χ1n) is 8.59. The van der Waals surface area contributed by atoms with Gasteiger partial charge in [0.15, 0.2) is 6.29 Å². The van der Waals surface area contributed by atoms with Crippen molar-refractivity contribution >= 4 is 18.6 Å². The number of hydrogen-bond donors (Lipinski definition) is 1. The van der Waals surface area contributed by atoms with Crippen LogP contribution in [-0.2, 0) is 34.1 Å². The van der Waals surface area contributed by atoms with Gasteiger partial charge >= 0.3 is 7.60 Å². The molecule has 1 aromatic carbocycles. The van der Waals surface area contributed by atoms with Crippen molar-refractivity contribution in [3.63, 3.8) is 0 Å². The summed E-state index contributed by atoms with van der Waals surface area (Å²) >= 11 is 0. The molecular formula is C17H30NO6PS. The fraction of sp³-hybridized carbons (Fsp3) is 0.647. The predicted molar refractivity (Wildman–Crippen MR) is 102 cm³/mol. The molecule has 0 bridgehead atoms. The Morgan fingerprint density at radius 1 is 1.04 bits per heavy atom. The molecule has 0 spiro atoms. The largest absolute Gasteiger partial charge is 0.356 e. The highest BCUT2D eigenvalue weighted by molar-refractivity contribution is 7.83. The van der Waals surface area contributed by atoms with Gasteiger partial charge in [-0.2, -0.15) is 0 Å². The Kier molecular flexibility index (Phi) is 10.8. The summed E-state index contributed by atoms with van der Waals surface area (Å²) in [5.41, 5.74) is 1.07. The number of nitrogens with one attached hydrogen (secondary N) is 1. The average molecular weight is 407 g/mol. The second-order valence-corrected chi connectivity index (χ2v) is 9.03. The van der Waals surface area contributed by atoms with E-state index in [1.165, 1.54) is 14.2 Å². The normalized spacial score (nSPS) is 14.5. The molecule has 150 valence electrons. The van der Waals surface area contributed by atoms with Crippen LogP contribution in [-0.4, -0.2) is 43.7 Å². The highest BCUT2D eigenvalue weighted by Crippen LogP contribution is 2.53. The lowest BCUT2D eigenvalue weighted by atomic mass is 10.2. The molecule has 0 unspecified atom stereocenters. The fourth-order valence-corrected chi connectivity index (χ4v) is 5.65. The van der Waals surface area contributed by atoms with E-state index in [-0.39, 0.29) is 13.2 Å². The predicted octanol–water partition coefficient (Wildman–Crippen LogP) is 3.60. The van der Waals surface area contributed by atoms with Gasteiger partial charge in [-0.15, -0.1) is 0 Å². The zero-order chi connectivity index (χ0) is 19.6. The minimum atomic E-state index is -3.51. The van der Waals surface area contributed by atoms with Gasteiger partial charge in [0.05, 0.1) is 18.1 Å². The molecule has 0 aliphatic rings. The number of hydrogen-bond acceptors (Lipinski definition) is 6. The van der Waals surface area contributed by atoms with Gasteiger partial charge in [0.1, 0.15) is 16.8 Å². The first kappa shape index (κ1) is 23.4. The van der Waals surface area contributed by atoms with Crippen LogP contribution in [0.15, 0.2) is 29.2 Å². The summed E-state index contributed by atoms with van der Waals surface area (Å²) in [4.78, 5) is 0.593. The van der Waals surface area contributed by atoms with E-state index in [2.05, 4.69) is 4.72 Å². The van der Waals surface area contributed by atoms with Crippen molar-refractivity contribution in [1.29, 1.82) is 0 Å². The molecule has 26 heavy (non-hydrogen) atoms. The number of ether oxygens (including phenoxy) is 2. The molecule has 0 amide bonds. The molecule has 0 saturated carbocycles. The van der Waals surface area contributed by atoms with Gasteiger partial charge in [0.25, 0.3) is 0 Å². The standard InChI is InChI=1S/C17H30NO6PS/c1-6-23-25(19,24-7-2)16(12-13-17(21-4)22-5)18-26(20)15-10-8-14(3)9-11-15/h8-11,16-18H,6-7,12-13H2,1-5H3/t16-,26+/m1/s1. The highest BCUT2D eigenvalue weighted by atomic mass is 32.2. The maximum absolute atomic E-state index is 13.2. The number of benzene rings is 1. The van der Waals surface area contributed by atoms with Gasteiger partial charge in [-0.25, -0.2) is 8.93 Å². The number of methoxy groups -OCH3 is 2. The Balaban J connectivity index is 2.99. The zero-order valence-corrected chi connectivity index (χ0v) is 17.8. The second-order valence-electron chi connectivity index (χ2n) is 5.57. The van der Waals surface area contributed by atoms with Crippen LogP contribution in [0.5, 0.6) is 0 Å². The van der Waals surface area contributed by atoms with Crippen LogP contribution in [0.1, 0.15) is 32.3 Å². The molecule has 0 aromatic heterocycles. The van der Waals surface area contributed by atoms with E-state index < -0.39 is 30.7 Å². The highest BCUT2D eigenvalue weighted by Gasteiger charge is 2.37. The molecule has 1 aromatic rings. The lowest BCUT2D eigenvalue weighted by Gasteiger charge is -2.27. The van der Waals surface area contributed by atoms with Gasteiger partial charge in [0, 0.05) is 20.6 Å². The van der Waals surface area contributed by atoms with Crippen LogP contribution in [0, 0.1) is 6.92 Å². The van der Waals surface area contributed by atoms with Crippen molar-refractivity contribution < 1.29 is 27.3 Å². The summed E-state index contributed by atoms with van der Waals surface area (Å²) in [7, 11) is -2.00.